The molecule has 0 spiro atoms. The highest BCUT2D eigenvalue weighted by atomic mass is 16.6. The molecule has 204 valence electrons. The van der Waals surface area contributed by atoms with Gasteiger partial charge in [0.2, 0.25) is 17.6 Å². The van der Waals surface area contributed by atoms with Crippen molar-refractivity contribution in [2.75, 3.05) is 23.8 Å². The first-order valence-corrected chi connectivity index (χ1v) is 12.9. The summed E-state index contributed by atoms with van der Waals surface area (Å²) in [5.74, 6) is 0.916. The number of nitrogens with one attached hydrogen (secondary N) is 2. The Kier molecular flexibility index (Phi) is 7.50. The van der Waals surface area contributed by atoms with Crippen molar-refractivity contribution in [3.8, 4) is 0 Å². The molecule has 0 radical (unpaired) electrons. The second-order valence-corrected chi connectivity index (χ2v) is 9.96. The average molecular weight is 534 g/mol. The Labute approximate surface area is 224 Å². The number of rotatable bonds is 10. The number of hydrogen-bond acceptors (Lipinski definition) is 10. The van der Waals surface area contributed by atoms with Crippen LogP contribution in [0.2, 0.25) is 0 Å². The predicted molar refractivity (Wildman–Crippen MR) is 144 cm³/mol. The summed E-state index contributed by atoms with van der Waals surface area (Å²) < 4.78 is 8.45. The van der Waals surface area contributed by atoms with Gasteiger partial charge in [-0.2, -0.15) is 24.7 Å². The number of ketones is 1. The van der Waals surface area contributed by atoms with Crippen LogP contribution < -0.4 is 10.6 Å². The van der Waals surface area contributed by atoms with Gasteiger partial charge in [-0.3, -0.25) is 19.6 Å². The lowest BCUT2D eigenvalue weighted by Gasteiger charge is -2.23. The highest BCUT2D eigenvalue weighted by Crippen LogP contribution is 2.24. The van der Waals surface area contributed by atoms with E-state index in [1.165, 1.54) is 10.9 Å². The molecule has 0 saturated carbocycles. The Bertz CT molecular complexity index is 1500. The summed E-state index contributed by atoms with van der Waals surface area (Å²) >= 11 is 0. The number of carbonyl (C=O) groups is 1. The van der Waals surface area contributed by atoms with Gasteiger partial charge < -0.3 is 15.4 Å². The third-order valence-corrected chi connectivity index (χ3v) is 6.65. The number of hydrogen-bond donors (Lipinski definition) is 2. The van der Waals surface area contributed by atoms with E-state index >= 15 is 0 Å². The second kappa shape index (κ2) is 11.2. The van der Waals surface area contributed by atoms with Crippen LogP contribution in [0, 0.1) is 10.1 Å². The molecule has 3 aromatic heterocycles. The molecule has 1 aliphatic rings. The van der Waals surface area contributed by atoms with Crippen LogP contribution in [0.5, 0.6) is 0 Å². The fourth-order valence-corrected chi connectivity index (χ4v) is 4.61. The molecule has 13 nitrogen and oxygen atoms in total. The molecule has 0 atom stereocenters. The molecule has 1 fully saturated rings. The lowest BCUT2D eigenvalue weighted by Crippen LogP contribution is -2.29. The maximum absolute atomic E-state index is 12.8. The first kappa shape index (κ1) is 26.2. The largest absolute Gasteiger partial charge is 0.381 e. The number of nitro groups is 1. The Morgan fingerprint density at radius 2 is 2.00 bits per heavy atom. The van der Waals surface area contributed by atoms with Crippen LogP contribution in [-0.4, -0.2) is 59.3 Å². The van der Waals surface area contributed by atoms with Gasteiger partial charge in [0.05, 0.1) is 11.1 Å². The number of anilines is 2. The van der Waals surface area contributed by atoms with Crippen molar-refractivity contribution in [2.45, 2.75) is 51.6 Å². The molecule has 0 amide bonds. The molecule has 2 N–H and O–H groups in total. The van der Waals surface area contributed by atoms with E-state index in [1.54, 1.807) is 11.6 Å². The summed E-state index contributed by atoms with van der Waals surface area (Å²) in [6, 6.07) is 7.74. The third-order valence-electron chi connectivity index (χ3n) is 6.65. The highest BCUT2D eigenvalue weighted by molar-refractivity contribution is 5.99. The minimum absolute atomic E-state index is 0.000475. The van der Waals surface area contributed by atoms with Gasteiger partial charge in [0, 0.05) is 44.8 Å². The zero-order chi connectivity index (χ0) is 27.5. The maximum atomic E-state index is 12.8. The van der Waals surface area contributed by atoms with Crippen molar-refractivity contribution in [2.24, 2.45) is 7.05 Å². The summed E-state index contributed by atoms with van der Waals surface area (Å²) in [7, 11) is 1.55. The number of aryl methyl sites for hydroxylation is 1. The topological polar surface area (TPSA) is 154 Å². The first-order chi connectivity index (χ1) is 18.8. The number of Topliss-reactive ketones (excluding diaryl/α,β-unsaturated/α-hetero) is 1. The Morgan fingerprint density at radius 1 is 1.23 bits per heavy atom. The first-order valence-electron chi connectivity index (χ1n) is 12.9. The van der Waals surface area contributed by atoms with E-state index in [2.05, 4.69) is 34.7 Å². The third kappa shape index (κ3) is 5.87. The lowest BCUT2D eigenvalue weighted by atomic mass is 10.0. The van der Waals surface area contributed by atoms with Crippen LogP contribution in [0.15, 0.2) is 36.7 Å². The number of nitrogens with zero attached hydrogens (tertiary/aromatic N) is 7. The van der Waals surface area contributed by atoms with E-state index < -0.39 is 10.7 Å². The van der Waals surface area contributed by atoms with Crippen molar-refractivity contribution >= 4 is 29.0 Å². The molecular formula is C26H31N9O4. The number of fused-ring (bicyclic) bond motifs is 1. The van der Waals surface area contributed by atoms with Gasteiger partial charge in [0.25, 0.3) is 0 Å². The van der Waals surface area contributed by atoms with Crippen LogP contribution in [0.4, 0.5) is 17.6 Å². The van der Waals surface area contributed by atoms with E-state index in [0.717, 1.165) is 35.2 Å². The molecule has 4 aromatic rings. The molecule has 0 bridgehead atoms. The molecule has 4 heterocycles. The van der Waals surface area contributed by atoms with Crippen LogP contribution in [0.25, 0.3) is 5.65 Å². The minimum atomic E-state index is -0.589. The zero-order valence-electron chi connectivity index (χ0n) is 22.1. The van der Waals surface area contributed by atoms with Gasteiger partial charge in [0.15, 0.2) is 11.4 Å². The summed E-state index contributed by atoms with van der Waals surface area (Å²) in [5.41, 5.74) is 2.98. The molecule has 0 unspecified atom stereocenters. The molecule has 5 rings (SSSR count). The average Bonchev–Trinajstić information content (AvgIpc) is 3.52. The zero-order valence-corrected chi connectivity index (χ0v) is 22.1. The van der Waals surface area contributed by atoms with Gasteiger partial charge in [-0.1, -0.05) is 38.1 Å². The summed E-state index contributed by atoms with van der Waals surface area (Å²) in [4.78, 5) is 33.0. The van der Waals surface area contributed by atoms with E-state index in [-0.39, 0.29) is 29.8 Å². The van der Waals surface area contributed by atoms with Crippen molar-refractivity contribution in [1.29, 1.82) is 0 Å². The predicted octanol–water partition coefficient (Wildman–Crippen LogP) is 3.52. The van der Waals surface area contributed by atoms with Crippen LogP contribution >= 0.6 is 0 Å². The standard InChI is InChI=1S/C26H31N9O4/c1-16(2)20-14-28-34-24(20)30-25(29-19-7-9-39-10-8-19)31-26(34)27-13-18-6-4-5-17(11-18)12-22(36)23-21(35(37)38)15-33(3)32-23/h4-6,11,14-16,19H,7-10,12-13H2,1-3H3,(H2,27,29,30,31). The van der Waals surface area contributed by atoms with E-state index in [4.69, 9.17) is 14.7 Å². The molecule has 1 saturated heterocycles. The quantitative estimate of drug-likeness (QED) is 0.176. The number of benzene rings is 1. The van der Waals surface area contributed by atoms with Crippen molar-refractivity contribution in [3.63, 3.8) is 0 Å². The number of carbonyl (C=O) groups excluding carboxylic acids is 1. The summed E-state index contributed by atoms with van der Waals surface area (Å²) in [6.07, 6.45) is 4.84. The smallest absolute Gasteiger partial charge is 0.318 e. The lowest BCUT2D eigenvalue weighted by molar-refractivity contribution is -0.385. The molecule has 13 heteroatoms. The van der Waals surface area contributed by atoms with Gasteiger partial charge in [-0.25, -0.2) is 0 Å². The van der Waals surface area contributed by atoms with Gasteiger partial charge in [-0.15, -0.1) is 0 Å². The van der Waals surface area contributed by atoms with Crippen molar-refractivity contribution in [3.05, 3.63) is 69.2 Å². The highest BCUT2D eigenvalue weighted by Gasteiger charge is 2.25. The molecule has 39 heavy (non-hydrogen) atoms. The normalized spacial score (nSPS) is 14.2. The SMILES string of the molecule is CC(C)c1cnn2c(NCc3cccc(CC(=O)c4nn(C)cc4[N+](=O)[O-])c3)nc(NC3CCOCC3)nc12. The molecular weight excluding hydrogens is 502 g/mol. The van der Waals surface area contributed by atoms with Crippen LogP contribution in [0.1, 0.15) is 59.8 Å². The maximum Gasteiger partial charge on any atom is 0.318 e. The fraction of sp³-hybridized carbons (Fsp3) is 0.423. The Hall–Kier alpha value is -4.39. The van der Waals surface area contributed by atoms with Crippen molar-refractivity contribution in [1.82, 2.24) is 29.4 Å². The number of aromatic nitrogens is 6. The monoisotopic (exact) mass is 533 g/mol. The molecule has 0 aliphatic carbocycles. The van der Waals surface area contributed by atoms with Crippen LogP contribution in [0.3, 0.4) is 0 Å². The second-order valence-electron chi connectivity index (χ2n) is 9.96. The van der Waals surface area contributed by atoms with Gasteiger partial charge >= 0.3 is 5.69 Å². The summed E-state index contributed by atoms with van der Waals surface area (Å²) in [5, 5.41) is 26.6. The summed E-state index contributed by atoms with van der Waals surface area (Å²) in [6.45, 7) is 6.04. The number of ether oxygens (including phenoxy) is 1. The van der Waals surface area contributed by atoms with E-state index in [0.29, 0.717) is 31.7 Å². The van der Waals surface area contributed by atoms with E-state index in [1.807, 2.05) is 30.5 Å². The Balaban J connectivity index is 1.35. The Morgan fingerprint density at radius 3 is 2.74 bits per heavy atom. The molecule has 1 aliphatic heterocycles. The van der Waals surface area contributed by atoms with E-state index in [9.17, 15) is 14.9 Å². The van der Waals surface area contributed by atoms with Gasteiger partial charge in [-0.05, 0) is 29.9 Å². The van der Waals surface area contributed by atoms with Crippen molar-refractivity contribution < 1.29 is 14.5 Å². The molecule has 1 aromatic carbocycles. The van der Waals surface area contributed by atoms with Gasteiger partial charge in [0.1, 0.15) is 6.20 Å². The minimum Gasteiger partial charge on any atom is -0.381 e. The van der Waals surface area contributed by atoms with Crippen LogP contribution in [-0.2, 0) is 24.8 Å². The fourth-order valence-electron chi connectivity index (χ4n) is 4.61.